The number of rotatable bonds is 5. The molecule has 3 nitrogen and oxygen atoms in total. The minimum atomic E-state index is -0.866. The summed E-state index contributed by atoms with van der Waals surface area (Å²) in [6.07, 6.45) is 4.53. The molecule has 6 heteroatoms. The lowest BCUT2D eigenvalue weighted by atomic mass is 10.0. The summed E-state index contributed by atoms with van der Waals surface area (Å²) in [6.45, 7) is 2.82. The van der Waals surface area contributed by atoms with Gasteiger partial charge >= 0.3 is 0 Å². The van der Waals surface area contributed by atoms with Crippen LogP contribution in [-0.4, -0.2) is 16.3 Å². The molecular weight excluding hydrogens is 328 g/mol. The highest BCUT2D eigenvalue weighted by Crippen LogP contribution is 2.31. The number of aryl methyl sites for hydroxylation is 1. The van der Waals surface area contributed by atoms with Crippen molar-refractivity contribution in [2.24, 2.45) is 7.05 Å². The summed E-state index contributed by atoms with van der Waals surface area (Å²) in [4.78, 5) is 0. The van der Waals surface area contributed by atoms with E-state index in [4.69, 9.17) is 0 Å². The quantitative estimate of drug-likeness (QED) is 0.841. The number of hydrogen-bond donors (Lipinski definition) is 1. The Bertz CT molecular complexity index is 598. The molecule has 1 atom stereocenters. The van der Waals surface area contributed by atoms with Crippen molar-refractivity contribution in [3.63, 3.8) is 0 Å². The molecule has 0 aliphatic rings. The first kappa shape index (κ1) is 15.1. The third-order valence-corrected chi connectivity index (χ3v) is 3.84. The Morgan fingerprint density at radius 3 is 2.75 bits per heavy atom. The lowest BCUT2D eigenvalue weighted by Crippen LogP contribution is -2.23. The number of benzene rings is 1. The van der Waals surface area contributed by atoms with Gasteiger partial charge in [0.2, 0.25) is 0 Å². The van der Waals surface area contributed by atoms with Gasteiger partial charge in [-0.25, -0.2) is 8.78 Å². The highest BCUT2D eigenvalue weighted by atomic mass is 79.9. The summed E-state index contributed by atoms with van der Waals surface area (Å²) in [7, 11) is 1.82. The zero-order valence-electron chi connectivity index (χ0n) is 11.3. The Balaban J connectivity index is 2.43. The minimum absolute atomic E-state index is 0.148. The maximum absolute atomic E-state index is 13.7. The second kappa shape index (κ2) is 6.45. The monoisotopic (exact) mass is 343 g/mol. The number of nitrogens with zero attached hydrogens (tertiary/aromatic N) is 2. The van der Waals surface area contributed by atoms with Crippen molar-refractivity contribution in [2.75, 3.05) is 6.54 Å². The van der Waals surface area contributed by atoms with Crippen molar-refractivity contribution >= 4 is 15.9 Å². The van der Waals surface area contributed by atoms with Crippen LogP contribution in [0.15, 0.2) is 29.0 Å². The smallest absolute Gasteiger partial charge is 0.173 e. The second-order valence-corrected chi connectivity index (χ2v) is 5.39. The normalized spacial score (nSPS) is 12.7. The summed E-state index contributed by atoms with van der Waals surface area (Å²) in [5.74, 6) is -1.73. The average Bonchev–Trinajstić information content (AvgIpc) is 2.85. The molecule has 1 aromatic heterocycles. The van der Waals surface area contributed by atoms with Crippen molar-refractivity contribution in [3.8, 4) is 0 Å². The Hall–Kier alpha value is -1.27. The van der Waals surface area contributed by atoms with E-state index in [1.54, 1.807) is 16.9 Å². The van der Waals surface area contributed by atoms with Crippen molar-refractivity contribution in [1.29, 1.82) is 0 Å². The van der Waals surface area contributed by atoms with E-state index in [-0.39, 0.29) is 10.5 Å². The van der Waals surface area contributed by atoms with Crippen molar-refractivity contribution < 1.29 is 8.78 Å². The van der Waals surface area contributed by atoms with Crippen LogP contribution in [0, 0.1) is 11.6 Å². The first-order chi connectivity index (χ1) is 9.54. The molecule has 2 rings (SSSR count). The van der Waals surface area contributed by atoms with E-state index in [0.29, 0.717) is 5.56 Å². The first-order valence-electron chi connectivity index (χ1n) is 6.40. The van der Waals surface area contributed by atoms with Crippen LogP contribution in [0.1, 0.15) is 30.5 Å². The predicted molar refractivity (Wildman–Crippen MR) is 77.4 cm³/mol. The molecule has 0 saturated carbocycles. The van der Waals surface area contributed by atoms with Crippen LogP contribution >= 0.6 is 15.9 Å². The van der Waals surface area contributed by atoms with Crippen LogP contribution in [0.5, 0.6) is 0 Å². The Morgan fingerprint density at radius 1 is 1.40 bits per heavy atom. The van der Waals surface area contributed by atoms with E-state index in [9.17, 15) is 8.78 Å². The summed E-state index contributed by atoms with van der Waals surface area (Å²) in [5, 5.41) is 7.46. The van der Waals surface area contributed by atoms with Gasteiger partial charge in [0, 0.05) is 18.8 Å². The van der Waals surface area contributed by atoms with Gasteiger partial charge in [0.25, 0.3) is 0 Å². The van der Waals surface area contributed by atoms with E-state index < -0.39 is 11.6 Å². The molecule has 2 aromatic rings. The van der Waals surface area contributed by atoms with Gasteiger partial charge in [-0.05, 0) is 40.5 Å². The largest absolute Gasteiger partial charge is 0.306 e. The third-order valence-electron chi connectivity index (χ3n) is 3.03. The summed E-state index contributed by atoms with van der Waals surface area (Å²) in [6, 6.07) is 2.50. The molecule has 1 N–H and O–H groups in total. The molecule has 0 radical (unpaired) electrons. The molecule has 20 heavy (non-hydrogen) atoms. The van der Waals surface area contributed by atoms with Crippen LogP contribution in [0.3, 0.4) is 0 Å². The molecule has 0 saturated heterocycles. The molecule has 0 amide bonds. The van der Waals surface area contributed by atoms with Gasteiger partial charge in [0.15, 0.2) is 11.6 Å². The Morgan fingerprint density at radius 2 is 2.15 bits per heavy atom. The van der Waals surface area contributed by atoms with Gasteiger partial charge < -0.3 is 5.32 Å². The van der Waals surface area contributed by atoms with Gasteiger partial charge in [-0.15, -0.1) is 0 Å². The molecule has 1 heterocycles. The van der Waals surface area contributed by atoms with E-state index in [0.717, 1.165) is 24.6 Å². The standard InChI is InChI=1S/C14H16BrF2N3/c1-3-6-18-14(9-7-19-20(2)8-9)10-4-5-11(16)13(17)12(10)15/h4-5,7-8,14,18H,3,6H2,1-2H3. The average molecular weight is 344 g/mol. The second-order valence-electron chi connectivity index (χ2n) is 4.60. The summed E-state index contributed by atoms with van der Waals surface area (Å²) >= 11 is 3.15. The third kappa shape index (κ3) is 3.07. The summed E-state index contributed by atoms with van der Waals surface area (Å²) < 4.78 is 28.8. The number of nitrogens with one attached hydrogen (secondary N) is 1. The van der Waals surface area contributed by atoms with Crippen LogP contribution in [-0.2, 0) is 7.05 Å². The van der Waals surface area contributed by atoms with Gasteiger partial charge in [-0.2, -0.15) is 5.10 Å². The predicted octanol–water partition coefficient (Wildman–Crippen LogP) is 3.55. The van der Waals surface area contributed by atoms with Crippen LogP contribution in [0.2, 0.25) is 0 Å². The number of hydrogen-bond acceptors (Lipinski definition) is 2. The van der Waals surface area contributed by atoms with E-state index >= 15 is 0 Å². The molecule has 0 fully saturated rings. The van der Waals surface area contributed by atoms with E-state index in [2.05, 4.69) is 26.3 Å². The fraction of sp³-hybridized carbons (Fsp3) is 0.357. The minimum Gasteiger partial charge on any atom is -0.306 e. The van der Waals surface area contributed by atoms with Gasteiger partial charge in [-0.3, -0.25) is 4.68 Å². The molecule has 0 aliphatic heterocycles. The molecule has 108 valence electrons. The molecule has 1 aromatic carbocycles. The van der Waals surface area contributed by atoms with E-state index in [1.807, 2.05) is 20.2 Å². The molecule has 1 unspecified atom stereocenters. The molecule has 0 spiro atoms. The van der Waals surface area contributed by atoms with Crippen molar-refractivity contribution in [1.82, 2.24) is 15.1 Å². The van der Waals surface area contributed by atoms with Crippen molar-refractivity contribution in [3.05, 3.63) is 51.8 Å². The highest BCUT2D eigenvalue weighted by Gasteiger charge is 2.21. The van der Waals surface area contributed by atoms with Gasteiger partial charge in [0.05, 0.1) is 16.7 Å². The zero-order chi connectivity index (χ0) is 14.7. The summed E-state index contributed by atoms with van der Waals surface area (Å²) in [5.41, 5.74) is 1.57. The fourth-order valence-electron chi connectivity index (χ4n) is 2.05. The van der Waals surface area contributed by atoms with Crippen LogP contribution in [0.25, 0.3) is 0 Å². The Kier molecular flexibility index (Phi) is 4.88. The number of halogens is 3. The lowest BCUT2D eigenvalue weighted by molar-refractivity contribution is 0.497. The maximum Gasteiger partial charge on any atom is 0.173 e. The van der Waals surface area contributed by atoms with Gasteiger partial charge in [-0.1, -0.05) is 13.0 Å². The topological polar surface area (TPSA) is 29.9 Å². The fourth-order valence-corrected chi connectivity index (χ4v) is 2.60. The molecular formula is C14H16BrF2N3. The molecule has 0 bridgehead atoms. The SMILES string of the molecule is CCCNC(c1cnn(C)c1)c1ccc(F)c(F)c1Br. The maximum atomic E-state index is 13.7. The Labute approximate surface area is 125 Å². The molecule has 0 aliphatic carbocycles. The van der Waals surface area contributed by atoms with Crippen molar-refractivity contribution in [2.45, 2.75) is 19.4 Å². The zero-order valence-corrected chi connectivity index (χ0v) is 12.9. The lowest BCUT2D eigenvalue weighted by Gasteiger charge is -2.19. The van der Waals surface area contributed by atoms with Gasteiger partial charge in [0.1, 0.15) is 0 Å². The first-order valence-corrected chi connectivity index (χ1v) is 7.19. The number of aromatic nitrogens is 2. The highest BCUT2D eigenvalue weighted by molar-refractivity contribution is 9.10. The van der Waals surface area contributed by atoms with Crippen LogP contribution in [0.4, 0.5) is 8.78 Å². The van der Waals surface area contributed by atoms with E-state index in [1.165, 1.54) is 0 Å². The van der Waals surface area contributed by atoms with Crippen LogP contribution < -0.4 is 5.32 Å².